The third kappa shape index (κ3) is 7.07. The second-order valence-corrected chi connectivity index (χ2v) is 10.5. The Balaban J connectivity index is 1.28. The predicted octanol–water partition coefficient (Wildman–Crippen LogP) is 7.12. The number of anilines is 2. The zero-order valence-corrected chi connectivity index (χ0v) is 24.1. The number of amides is 3. The Kier molecular flexibility index (Phi) is 8.55. The van der Waals surface area contributed by atoms with Crippen LogP contribution in [0.2, 0.25) is 0 Å². The van der Waals surface area contributed by atoms with Gasteiger partial charge in [0.05, 0.1) is 29.6 Å². The van der Waals surface area contributed by atoms with Gasteiger partial charge in [-0.2, -0.15) is 4.99 Å². The Bertz CT molecular complexity index is 1670. The monoisotopic (exact) mass is 609 g/mol. The van der Waals surface area contributed by atoms with Crippen molar-refractivity contribution in [2.24, 2.45) is 4.99 Å². The molecule has 4 aromatic rings. The molecule has 1 atom stereocenters. The summed E-state index contributed by atoms with van der Waals surface area (Å²) in [6.45, 7) is 3.80. The molecule has 1 fully saturated rings. The van der Waals surface area contributed by atoms with Crippen LogP contribution < -0.4 is 15.0 Å². The molecule has 3 aromatic carbocycles. The van der Waals surface area contributed by atoms with Crippen molar-refractivity contribution in [3.05, 3.63) is 90.4 Å². The van der Waals surface area contributed by atoms with Crippen LogP contribution in [0.5, 0.6) is 5.75 Å². The predicted molar refractivity (Wildman–Crippen MR) is 159 cm³/mol. The molecular formula is C30H26F3N5O4S. The molecule has 1 saturated heterocycles. The Morgan fingerprint density at radius 3 is 2.49 bits per heavy atom. The zero-order chi connectivity index (χ0) is 30.7. The Morgan fingerprint density at radius 2 is 1.81 bits per heavy atom. The van der Waals surface area contributed by atoms with Crippen molar-refractivity contribution in [1.82, 2.24) is 9.55 Å². The van der Waals surface area contributed by atoms with Gasteiger partial charge in [0.25, 0.3) is 0 Å². The van der Waals surface area contributed by atoms with Crippen molar-refractivity contribution >= 4 is 40.2 Å². The van der Waals surface area contributed by atoms with Crippen molar-refractivity contribution in [3.63, 3.8) is 0 Å². The van der Waals surface area contributed by atoms with Gasteiger partial charge in [-0.25, -0.2) is 9.78 Å². The minimum atomic E-state index is -4.76. The molecule has 1 aliphatic heterocycles. The number of carbonyl (C=O) groups is 2. The van der Waals surface area contributed by atoms with Gasteiger partial charge in [0.2, 0.25) is 5.91 Å². The maximum absolute atomic E-state index is 12.8. The number of halogens is 3. The third-order valence-electron chi connectivity index (χ3n) is 6.56. The fourth-order valence-electron chi connectivity index (χ4n) is 4.40. The lowest BCUT2D eigenvalue weighted by Gasteiger charge is -2.23. The summed E-state index contributed by atoms with van der Waals surface area (Å²) in [6, 6.07) is 17.4. The first-order valence-corrected chi connectivity index (χ1v) is 14.0. The van der Waals surface area contributed by atoms with E-state index >= 15 is 0 Å². The molecule has 1 N–H and O–H groups in total. The number of imidazole rings is 1. The molecule has 1 unspecified atom stereocenters. The third-order valence-corrected chi connectivity index (χ3v) is 7.49. The minimum absolute atomic E-state index is 0.160. The number of hydrogen-bond donors (Lipinski definition) is 1. The number of aliphatic imine (C=N–C) groups is 1. The van der Waals surface area contributed by atoms with E-state index in [4.69, 9.17) is 4.74 Å². The van der Waals surface area contributed by atoms with Crippen molar-refractivity contribution in [1.29, 1.82) is 0 Å². The van der Waals surface area contributed by atoms with E-state index < -0.39 is 12.4 Å². The van der Waals surface area contributed by atoms with E-state index in [0.29, 0.717) is 22.8 Å². The summed E-state index contributed by atoms with van der Waals surface area (Å²) >= 11 is 1.19. The van der Waals surface area contributed by atoms with E-state index in [1.54, 1.807) is 48.5 Å². The summed E-state index contributed by atoms with van der Waals surface area (Å²) in [5.74, 6) is -0.333. The standard InChI is InChI=1S/C30H26F3N5O4S/c1-18-4-13-24(19(2)41-3)26(14-18)38-27(39)16-43-29(38)36-28(40)35-21-7-5-20(6-8-21)25-15-37(17-34-25)22-9-11-23(12-10-22)42-30(31,32)33/h4-15,17,19H,16H2,1-3H3,(H,35,40)/b36-29-. The first-order chi connectivity index (χ1) is 20.5. The molecule has 1 aromatic heterocycles. The highest BCUT2D eigenvalue weighted by molar-refractivity contribution is 8.15. The van der Waals surface area contributed by atoms with Crippen molar-refractivity contribution in [3.8, 4) is 22.7 Å². The van der Waals surface area contributed by atoms with Gasteiger partial charge in [0, 0.05) is 35.8 Å². The number of hydrogen-bond acceptors (Lipinski definition) is 6. The van der Waals surface area contributed by atoms with E-state index in [-0.39, 0.29) is 28.7 Å². The van der Waals surface area contributed by atoms with E-state index in [1.807, 2.05) is 32.0 Å². The zero-order valence-electron chi connectivity index (χ0n) is 23.3. The normalized spacial score (nSPS) is 15.2. The molecular weight excluding hydrogens is 583 g/mol. The topological polar surface area (TPSA) is 98.1 Å². The highest BCUT2D eigenvalue weighted by Gasteiger charge is 2.33. The molecule has 43 heavy (non-hydrogen) atoms. The summed E-state index contributed by atoms with van der Waals surface area (Å²) in [6.07, 6.45) is -1.76. The van der Waals surface area contributed by atoms with Crippen LogP contribution in [0, 0.1) is 6.92 Å². The second kappa shape index (κ2) is 12.3. The average molecular weight is 610 g/mol. The van der Waals surface area contributed by atoms with E-state index in [0.717, 1.165) is 16.7 Å². The first-order valence-electron chi connectivity index (χ1n) is 13.0. The van der Waals surface area contributed by atoms with Crippen LogP contribution in [-0.2, 0) is 9.53 Å². The smallest absolute Gasteiger partial charge is 0.406 e. The SMILES string of the molecule is COC(C)c1ccc(C)cc1N1C(=O)CS/C1=N\C(=O)Nc1ccc(-c2cn(-c3ccc(OC(F)(F)F)cc3)cn2)cc1. The highest BCUT2D eigenvalue weighted by atomic mass is 32.2. The number of amidine groups is 1. The number of benzene rings is 3. The van der Waals surface area contributed by atoms with Gasteiger partial charge in [-0.05, 0) is 61.9 Å². The Labute approximate surface area is 249 Å². The maximum atomic E-state index is 12.8. The van der Waals surface area contributed by atoms with Gasteiger partial charge in [-0.15, -0.1) is 13.2 Å². The highest BCUT2D eigenvalue weighted by Crippen LogP contribution is 2.35. The number of thioether (sulfide) groups is 1. The fourth-order valence-corrected chi connectivity index (χ4v) is 5.25. The maximum Gasteiger partial charge on any atom is 0.573 e. The van der Waals surface area contributed by atoms with Gasteiger partial charge in [0.1, 0.15) is 5.75 Å². The summed E-state index contributed by atoms with van der Waals surface area (Å²) < 4.78 is 48.3. The van der Waals surface area contributed by atoms with Gasteiger partial charge >= 0.3 is 12.4 Å². The number of aryl methyl sites for hydroxylation is 1. The lowest BCUT2D eigenvalue weighted by Crippen LogP contribution is -2.31. The van der Waals surface area contributed by atoms with Crippen molar-refractivity contribution < 1.29 is 32.2 Å². The molecule has 222 valence electrons. The van der Waals surface area contributed by atoms with Gasteiger partial charge in [-0.3, -0.25) is 9.69 Å². The fraction of sp³-hybridized carbons (Fsp3) is 0.200. The summed E-state index contributed by atoms with van der Waals surface area (Å²) in [5, 5.41) is 3.00. The second-order valence-electron chi connectivity index (χ2n) is 9.57. The van der Waals surface area contributed by atoms with Crippen LogP contribution in [0.1, 0.15) is 24.2 Å². The van der Waals surface area contributed by atoms with Crippen molar-refractivity contribution in [2.75, 3.05) is 23.1 Å². The number of aromatic nitrogens is 2. The molecule has 0 radical (unpaired) electrons. The number of urea groups is 1. The quantitative estimate of drug-likeness (QED) is 0.240. The van der Waals surface area contributed by atoms with Crippen LogP contribution in [0.3, 0.4) is 0 Å². The lowest BCUT2D eigenvalue weighted by molar-refractivity contribution is -0.274. The number of nitrogens with zero attached hydrogens (tertiary/aromatic N) is 4. The summed E-state index contributed by atoms with van der Waals surface area (Å²) in [4.78, 5) is 35.7. The molecule has 0 bridgehead atoms. The molecule has 13 heteroatoms. The Morgan fingerprint density at radius 1 is 1.09 bits per heavy atom. The lowest BCUT2D eigenvalue weighted by atomic mass is 10.0. The summed E-state index contributed by atoms with van der Waals surface area (Å²) in [7, 11) is 1.59. The molecule has 9 nitrogen and oxygen atoms in total. The number of ether oxygens (including phenoxy) is 2. The van der Waals surface area contributed by atoms with Gasteiger partial charge in [-0.1, -0.05) is 36.0 Å². The number of rotatable bonds is 7. The van der Waals surface area contributed by atoms with Crippen molar-refractivity contribution in [2.45, 2.75) is 26.3 Å². The average Bonchev–Trinajstić information content (AvgIpc) is 3.59. The van der Waals surface area contributed by atoms with E-state index in [2.05, 4.69) is 20.0 Å². The molecule has 0 spiro atoms. The molecule has 0 saturated carbocycles. The molecule has 0 aliphatic carbocycles. The number of carbonyl (C=O) groups excluding carboxylic acids is 2. The minimum Gasteiger partial charge on any atom is -0.406 e. The molecule has 3 amide bonds. The number of alkyl halides is 3. The number of nitrogens with one attached hydrogen (secondary N) is 1. The van der Waals surface area contributed by atoms with Crippen LogP contribution in [0.4, 0.5) is 29.3 Å². The van der Waals surface area contributed by atoms with Crippen LogP contribution in [0.15, 0.2) is 84.2 Å². The molecule has 2 heterocycles. The summed E-state index contributed by atoms with van der Waals surface area (Å²) in [5.41, 5.74) is 4.85. The Hall–Kier alpha value is -4.62. The first kappa shape index (κ1) is 29.9. The van der Waals surface area contributed by atoms with E-state index in [1.165, 1.54) is 40.9 Å². The van der Waals surface area contributed by atoms with E-state index in [9.17, 15) is 22.8 Å². The van der Waals surface area contributed by atoms with Crippen LogP contribution in [0.25, 0.3) is 16.9 Å². The number of methoxy groups -OCH3 is 1. The largest absolute Gasteiger partial charge is 0.573 e. The van der Waals surface area contributed by atoms with Gasteiger partial charge in [0.15, 0.2) is 5.17 Å². The van der Waals surface area contributed by atoms with Gasteiger partial charge < -0.3 is 19.4 Å². The van der Waals surface area contributed by atoms with Crippen LogP contribution >= 0.6 is 11.8 Å². The molecule has 5 rings (SSSR count). The van der Waals surface area contributed by atoms with Crippen LogP contribution in [-0.4, -0.2) is 45.9 Å². The molecule has 1 aliphatic rings.